The Kier molecular flexibility index (Phi) is 6.03. The summed E-state index contributed by atoms with van der Waals surface area (Å²) in [6.07, 6.45) is 0.492. The highest BCUT2D eigenvalue weighted by atomic mass is 35.7. The van der Waals surface area contributed by atoms with Crippen LogP contribution in [0.5, 0.6) is 5.75 Å². The minimum Gasteiger partial charge on any atom is -0.495 e. The van der Waals surface area contributed by atoms with Gasteiger partial charge in [-0.1, -0.05) is 13.0 Å². The molecule has 0 aliphatic carbocycles. The van der Waals surface area contributed by atoms with E-state index in [1.807, 2.05) is 0 Å². The Morgan fingerprint density at radius 3 is 2.38 bits per heavy atom. The average molecular weight is 356 g/mol. The molecule has 9 heteroatoms. The van der Waals surface area contributed by atoms with Crippen LogP contribution < -0.4 is 9.46 Å². The first-order valence-corrected chi connectivity index (χ1v) is 10.2. The summed E-state index contributed by atoms with van der Waals surface area (Å²) in [7, 11) is -0.709. The third kappa shape index (κ3) is 5.14. The van der Waals surface area contributed by atoms with Crippen LogP contribution in [0.25, 0.3) is 0 Å². The molecule has 1 atom stereocenters. The van der Waals surface area contributed by atoms with Crippen molar-refractivity contribution in [3.8, 4) is 5.75 Å². The van der Waals surface area contributed by atoms with E-state index in [9.17, 15) is 16.8 Å². The zero-order valence-corrected chi connectivity index (χ0v) is 14.3. The molecule has 6 nitrogen and oxygen atoms in total. The van der Waals surface area contributed by atoms with Gasteiger partial charge in [0, 0.05) is 16.7 Å². The van der Waals surface area contributed by atoms with E-state index in [1.165, 1.54) is 19.2 Å². The van der Waals surface area contributed by atoms with E-state index in [0.29, 0.717) is 12.0 Å². The molecule has 0 aliphatic heterocycles. The molecule has 0 amide bonds. The maximum Gasteiger partial charge on any atom is 0.264 e. The van der Waals surface area contributed by atoms with Crippen molar-refractivity contribution in [3.63, 3.8) is 0 Å². The highest BCUT2D eigenvalue weighted by Crippen LogP contribution is 2.30. The Bertz CT molecular complexity index is 700. The Morgan fingerprint density at radius 2 is 1.90 bits per heavy atom. The minimum atomic E-state index is -3.99. The maximum absolute atomic E-state index is 11.7. The zero-order chi connectivity index (χ0) is 16.3. The second-order valence-electron chi connectivity index (χ2n) is 4.51. The van der Waals surface area contributed by atoms with Crippen LogP contribution in [0.1, 0.15) is 31.9 Å². The fraction of sp³-hybridized carbons (Fsp3) is 0.500. The van der Waals surface area contributed by atoms with E-state index in [-0.39, 0.29) is 16.4 Å². The highest BCUT2D eigenvalue weighted by Gasteiger charge is 2.21. The second-order valence-corrected chi connectivity index (χ2v) is 8.91. The van der Waals surface area contributed by atoms with Gasteiger partial charge < -0.3 is 4.74 Å². The Labute approximate surface area is 129 Å². The maximum atomic E-state index is 11.7. The minimum absolute atomic E-state index is 0.00809. The number of sulfonamides is 1. The summed E-state index contributed by atoms with van der Waals surface area (Å²) in [6, 6.07) is 3.75. The molecule has 0 spiro atoms. The van der Waals surface area contributed by atoms with E-state index in [2.05, 4.69) is 4.72 Å². The fourth-order valence-electron chi connectivity index (χ4n) is 1.82. The van der Waals surface area contributed by atoms with Gasteiger partial charge in [-0.2, -0.15) is 0 Å². The van der Waals surface area contributed by atoms with E-state index in [0.717, 1.165) is 0 Å². The average Bonchev–Trinajstić information content (AvgIpc) is 2.36. The number of methoxy groups -OCH3 is 1. The lowest BCUT2D eigenvalue weighted by molar-refractivity contribution is 0.402. The number of ether oxygens (including phenoxy) is 1. The monoisotopic (exact) mass is 355 g/mol. The molecule has 0 bridgehead atoms. The Hall–Kier alpha value is -0.830. The second kappa shape index (κ2) is 6.95. The standard InChI is InChI=1S/C12H18ClNO5S2/c1-4-7-20(15,16)14-9(2)10-5-6-11(19-3)12(8-10)21(13,17)18/h5-6,8-9,14H,4,7H2,1-3H3. The summed E-state index contributed by atoms with van der Waals surface area (Å²) in [6.45, 7) is 3.38. The molecule has 120 valence electrons. The van der Waals surface area contributed by atoms with Crippen molar-refractivity contribution in [2.24, 2.45) is 0 Å². The number of rotatable bonds is 7. The predicted molar refractivity (Wildman–Crippen MR) is 81.7 cm³/mol. The largest absolute Gasteiger partial charge is 0.495 e. The summed E-state index contributed by atoms with van der Waals surface area (Å²) >= 11 is 0. The van der Waals surface area contributed by atoms with Crippen molar-refractivity contribution < 1.29 is 21.6 Å². The lowest BCUT2D eigenvalue weighted by atomic mass is 10.1. The van der Waals surface area contributed by atoms with Gasteiger partial charge in [0.2, 0.25) is 10.0 Å². The third-order valence-electron chi connectivity index (χ3n) is 2.78. The third-order valence-corrected chi connectivity index (χ3v) is 5.78. The number of halogens is 1. The molecule has 1 aromatic carbocycles. The number of benzene rings is 1. The van der Waals surface area contributed by atoms with Crippen molar-refractivity contribution in [3.05, 3.63) is 23.8 Å². The molecule has 0 aromatic heterocycles. The molecule has 1 N–H and O–H groups in total. The zero-order valence-electron chi connectivity index (χ0n) is 12.0. The molecule has 21 heavy (non-hydrogen) atoms. The summed E-state index contributed by atoms with van der Waals surface area (Å²) in [5.41, 5.74) is 0.481. The van der Waals surface area contributed by atoms with E-state index in [1.54, 1.807) is 19.9 Å². The predicted octanol–water partition coefficient (Wildman–Crippen LogP) is 2.01. The Balaban J connectivity index is 3.15. The van der Waals surface area contributed by atoms with Gasteiger partial charge in [-0.25, -0.2) is 21.6 Å². The van der Waals surface area contributed by atoms with Crippen LogP contribution in [0.15, 0.2) is 23.1 Å². The van der Waals surface area contributed by atoms with Crippen LogP contribution in [-0.4, -0.2) is 29.7 Å². The van der Waals surface area contributed by atoms with Crippen molar-refractivity contribution in [2.45, 2.75) is 31.2 Å². The van der Waals surface area contributed by atoms with Gasteiger partial charge in [-0.05, 0) is 31.0 Å². The van der Waals surface area contributed by atoms with Crippen LogP contribution >= 0.6 is 10.7 Å². The molecule has 0 aliphatic rings. The van der Waals surface area contributed by atoms with Crippen LogP contribution in [0.3, 0.4) is 0 Å². The molecule has 1 rings (SSSR count). The van der Waals surface area contributed by atoms with Gasteiger partial charge in [0.05, 0.1) is 12.9 Å². The van der Waals surface area contributed by atoms with Crippen LogP contribution in [0.4, 0.5) is 0 Å². The van der Waals surface area contributed by atoms with Gasteiger partial charge in [0.25, 0.3) is 9.05 Å². The molecule has 1 unspecified atom stereocenters. The normalized spacial score (nSPS) is 13.9. The molecule has 0 fully saturated rings. The molecule has 0 saturated heterocycles. The molecule has 0 heterocycles. The van der Waals surface area contributed by atoms with E-state index < -0.39 is 25.1 Å². The first-order valence-electron chi connectivity index (χ1n) is 6.23. The van der Waals surface area contributed by atoms with Crippen molar-refractivity contribution in [2.75, 3.05) is 12.9 Å². The highest BCUT2D eigenvalue weighted by molar-refractivity contribution is 8.13. The van der Waals surface area contributed by atoms with E-state index in [4.69, 9.17) is 15.4 Å². The van der Waals surface area contributed by atoms with Gasteiger partial charge >= 0.3 is 0 Å². The molecule has 0 radical (unpaired) electrons. The summed E-state index contributed by atoms with van der Waals surface area (Å²) in [5, 5.41) is 0. The topological polar surface area (TPSA) is 89.5 Å². The molecule has 1 aromatic rings. The molecular weight excluding hydrogens is 338 g/mol. The van der Waals surface area contributed by atoms with Gasteiger partial charge in [0.1, 0.15) is 10.6 Å². The van der Waals surface area contributed by atoms with E-state index >= 15 is 0 Å². The van der Waals surface area contributed by atoms with Crippen molar-refractivity contribution in [1.82, 2.24) is 4.72 Å². The first kappa shape index (κ1) is 18.2. The quantitative estimate of drug-likeness (QED) is 0.756. The van der Waals surface area contributed by atoms with Gasteiger partial charge in [-0.15, -0.1) is 0 Å². The number of nitrogens with one attached hydrogen (secondary N) is 1. The smallest absolute Gasteiger partial charge is 0.264 e. The molecular formula is C12H18ClNO5S2. The van der Waals surface area contributed by atoms with Crippen LogP contribution in [0.2, 0.25) is 0 Å². The van der Waals surface area contributed by atoms with Crippen LogP contribution in [0, 0.1) is 0 Å². The number of hydrogen-bond acceptors (Lipinski definition) is 5. The summed E-state index contributed by atoms with van der Waals surface area (Å²) < 4.78 is 53.9. The Morgan fingerprint density at radius 1 is 1.29 bits per heavy atom. The van der Waals surface area contributed by atoms with Gasteiger partial charge in [0.15, 0.2) is 0 Å². The van der Waals surface area contributed by atoms with Crippen LogP contribution in [-0.2, 0) is 19.1 Å². The number of hydrogen-bond donors (Lipinski definition) is 1. The first-order chi connectivity index (χ1) is 9.60. The lowest BCUT2D eigenvalue weighted by Crippen LogP contribution is -2.29. The van der Waals surface area contributed by atoms with Crippen molar-refractivity contribution >= 4 is 29.8 Å². The van der Waals surface area contributed by atoms with Gasteiger partial charge in [-0.3, -0.25) is 0 Å². The molecule has 0 saturated carbocycles. The summed E-state index contributed by atoms with van der Waals surface area (Å²) in [5.74, 6) is 0.117. The lowest BCUT2D eigenvalue weighted by Gasteiger charge is -2.16. The SMILES string of the molecule is CCCS(=O)(=O)NC(C)c1ccc(OC)c(S(=O)(=O)Cl)c1. The van der Waals surface area contributed by atoms with Crippen molar-refractivity contribution in [1.29, 1.82) is 0 Å². The summed E-state index contributed by atoms with van der Waals surface area (Å²) in [4.78, 5) is -0.189. The fourth-order valence-corrected chi connectivity index (χ4v) is 4.18.